The zero-order chi connectivity index (χ0) is 23.5. The second-order valence-electron chi connectivity index (χ2n) is 7.27. The predicted octanol–water partition coefficient (Wildman–Crippen LogP) is 5.46. The van der Waals surface area contributed by atoms with Crippen molar-refractivity contribution in [2.45, 2.75) is 0 Å². The van der Waals surface area contributed by atoms with E-state index in [1.54, 1.807) is 43.5 Å². The van der Waals surface area contributed by atoms with Crippen LogP contribution >= 0.6 is 11.3 Å². The van der Waals surface area contributed by atoms with E-state index in [1.165, 1.54) is 11.3 Å². The van der Waals surface area contributed by atoms with E-state index in [1.807, 2.05) is 42.5 Å². The molecule has 8 nitrogen and oxygen atoms in total. The van der Waals surface area contributed by atoms with Gasteiger partial charge in [0, 0.05) is 22.2 Å². The molecular weight excluding hydrogens is 452 g/mol. The second-order valence-corrected chi connectivity index (χ2v) is 8.25. The molecule has 2 aromatic heterocycles. The van der Waals surface area contributed by atoms with E-state index in [0.717, 1.165) is 16.7 Å². The van der Waals surface area contributed by atoms with Crippen LogP contribution in [0.4, 0.5) is 10.8 Å². The number of nitrogens with one attached hydrogen (secondary N) is 2. The third-order valence-electron chi connectivity index (χ3n) is 5.04. The molecule has 0 saturated heterocycles. The molecule has 0 aliphatic carbocycles. The van der Waals surface area contributed by atoms with Crippen LogP contribution < -0.4 is 15.4 Å². The number of anilines is 2. The predicted molar refractivity (Wildman–Crippen MR) is 130 cm³/mol. The summed E-state index contributed by atoms with van der Waals surface area (Å²) in [4.78, 5) is 25.1. The highest BCUT2D eigenvalue weighted by Gasteiger charge is 2.14. The third kappa shape index (κ3) is 4.50. The fraction of sp³-hybridized carbons (Fsp3) is 0.0400. The normalized spacial score (nSPS) is 10.7. The maximum Gasteiger partial charge on any atom is 0.291 e. The zero-order valence-electron chi connectivity index (χ0n) is 17.9. The molecule has 3 aromatic carbocycles. The average Bonchev–Trinajstić information content (AvgIpc) is 3.52. The first-order valence-corrected chi connectivity index (χ1v) is 11.1. The standard InChI is InChI=1S/C25H18N4O4S/c1-32-19-12-8-16(9-13-19)24-28-29-25(34-24)27-22(30)15-6-10-18(11-7-15)26-23(31)21-14-17-4-2-3-5-20(17)33-21/h2-14H,1H3,(H,26,31)(H,27,29,30). The molecule has 0 radical (unpaired) electrons. The number of amides is 2. The Bertz CT molecular complexity index is 1440. The Balaban J connectivity index is 1.22. The van der Waals surface area contributed by atoms with Gasteiger partial charge in [0.15, 0.2) is 5.76 Å². The molecule has 0 bridgehead atoms. The van der Waals surface area contributed by atoms with Crippen LogP contribution in [0.1, 0.15) is 20.9 Å². The first-order chi connectivity index (χ1) is 16.6. The number of para-hydroxylation sites is 1. The molecule has 0 aliphatic rings. The first kappa shape index (κ1) is 21.4. The van der Waals surface area contributed by atoms with Crippen LogP contribution in [0.5, 0.6) is 5.75 Å². The molecule has 0 atom stereocenters. The van der Waals surface area contributed by atoms with Crippen molar-refractivity contribution in [1.29, 1.82) is 0 Å². The average molecular weight is 471 g/mol. The third-order valence-corrected chi connectivity index (χ3v) is 5.92. The van der Waals surface area contributed by atoms with Gasteiger partial charge in [0.25, 0.3) is 11.8 Å². The highest BCUT2D eigenvalue weighted by molar-refractivity contribution is 7.18. The number of ether oxygens (including phenoxy) is 1. The van der Waals surface area contributed by atoms with Crippen LogP contribution in [0.2, 0.25) is 0 Å². The van der Waals surface area contributed by atoms with Gasteiger partial charge in [0.2, 0.25) is 5.13 Å². The Kier molecular flexibility index (Phi) is 5.75. The van der Waals surface area contributed by atoms with E-state index in [9.17, 15) is 9.59 Å². The maximum atomic E-state index is 12.6. The minimum absolute atomic E-state index is 0.215. The molecule has 0 spiro atoms. The summed E-state index contributed by atoms with van der Waals surface area (Å²) in [5.74, 6) is 0.270. The SMILES string of the molecule is COc1ccc(-c2nnc(NC(=O)c3ccc(NC(=O)c4cc5ccccc5o4)cc3)s2)cc1. The lowest BCUT2D eigenvalue weighted by Crippen LogP contribution is -2.13. The van der Waals surface area contributed by atoms with Crippen LogP contribution in [-0.2, 0) is 0 Å². The summed E-state index contributed by atoms with van der Waals surface area (Å²) >= 11 is 1.27. The summed E-state index contributed by atoms with van der Waals surface area (Å²) in [6, 6.07) is 23.1. The lowest BCUT2D eigenvalue weighted by molar-refractivity contribution is 0.0997. The monoisotopic (exact) mass is 470 g/mol. The lowest BCUT2D eigenvalue weighted by Gasteiger charge is -2.05. The van der Waals surface area contributed by atoms with E-state index in [0.29, 0.717) is 27.0 Å². The fourth-order valence-electron chi connectivity index (χ4n) is 3.28. The summed E-state index contributed by atoms with van der Waals surface area (Å²) in [7, 11) is 1.61. The number of furan rings is 1. The number of aromatic nitrogens is 2. The smallest absolute Gasteiger partial charge is 0.291 e. The van der Waals surface area contributed by atoms with Crippen LogP contribution in [0, 0.1) is 0 Å². The summed E-state index contributed by atoms with van der Waals surface area (Å²) in [5.41, 5.74) is 2.48. The number of hydrogen-bond donors (Lipinski definition) is 2. The molecule has 34 heavy (non-hydrogen) atoms. The molecule has 0 saturated carbocycles. The number of carbonyl (C=O) groups excluding carboxylic acids is 2. The summed E-state index contributed by atoms with van der Waals surface area (Å²) in [6.45, 7) is 0. The molecule has 168 valence electrons. The largest absolute Gasteiger partial charge is 0.497 e. The van der Waals surface area contributed by atoms with Crippen molar-refractivity contribution in [3.63, 3.8) is 0 Å². The van der Waals surface area contributed by atoms with Gasteiger partial charge in [-0.25, -0.2) is 0 Å². The van der Waals surface area contributed by atoms with Gasteiger partial charge in [-0.2, -0.15) is 0 Å². The number of carbonyl (C=O) groups is 2. The van der Waals surface area contributed by atoms with Gasteiger partial charge in [-0.15, -0.1) is 10.2 Å². The summed E-state index contributed by atoms with van der Waals surface area (Å²) in [5, 5.41) is 15.6. The van der Waals surface area contributed by atoms with Crippen LogP contribution in [0.15, 0.2) is 83.3 Å². The highest BCUT2D eigenvalue weighted by Crippen LogP contribution is 2.28. The molecule has 9 heteroatoms. The Morgan fingerprint density at radius 3 is 2.38 bits per heavy atom. The van der Waals surface area contributed by atoms with Crippen molar-refractivity contribution in [2.75, 3.05) is 17.7 Å². The lowest BCUT2D eigenvalue weighted by atomic mass is 10.2. The van der Waals surface area contributed by atoms with Gasteiger partial charge in [-0.05, 0) is 60.7 Å². The van der Waals surface area contributed by atoms with Crippen molar-refractivity contribution in [2.24, 2.45) is 0 Å². The number of hydrogen-bond acceptors (Lipinski definition) is 7. The number of nitrogens with zero attached hydrogens (tertiary/aromatic N) is 2. The van der Waals surface area contributed by atoms with E-state index in [2.05, 4.69) is 20.8 Å². The molecule has 0 aliphatic heterocycles. The van der Waals surface area contributed by atoms with Gasteiger partial charge in [-0.1, -0.05) is 29.5 Å². The number of fused-ring (bicyclic) bond motifs is 1. The second kappa shape index (κ2) is 9.16. The first-order valence-electron chi connectivity index (χ1n) is 10.3. The molecule has 5 aromatic rings. The summed E-state index contributed by atoms with van der Waals surface area (Å²) in [6.07, 6.45) is 0. The molecule has 2 N–H and O–H groups in total. The van der Waals surface area contributed by atoms with Gasteiger partial charge in [0.1, 0.15) is 16.3 Å². The Labute approximate surface area is 198 Å². The minimum Gasteiger partial charge on any atom is -0.497 e. The van der Waals surface area contributed by atoms with Gasteiger partial charge in [-0.3, -0.25) is 14.9 Å². The van der Waals surface area contributed by atoms with Crippen molar-refractivity contribution in [1.82, 2.24) is 10.2 Å². The highest BCUT2D eigenvalue weighted by atomic mass is 32.1. The quantitative estimate of drug-likeness (QED) is 0.341. The van der Waals surface area contributed by atoms with Crippen molar-refractivity contribution in [3.8, 4) is 16.3 Å². The molecule has 2 heterocycles. The Morgan fingerprint density at radius 1 is 0.882 bits per heavy atom. The van der Waals surface area contributed by atoms with Gasteiger partial charge in [0.05, 0.1) is 7.11 Å². The van der Waals surface area contributed by atoms with Crippen LogP contribution in [0.25, 0.3) is 21.5 Å². The van der Waals surface area contributed by atoms with Crippen molar-refractivity contribution < 1.29 is 18.7 Å². The van der Waals surface area contributed by atoms with Crippen LogP contribution in [-0.4, -0.2) is 29.1 Å². The summed E-state index contributed by atoms with van der Waals surface area (Å²) < 4.78 is 10.7. The number of rotatable bonds is 6. The fourth-order valence-corrected chi connectivity index (χ4v) is 4.03. The van der Waals surface area contributed by atoms with Gasteiger partial charge < -0.3 is 14.5 Å². The number of methoxy groups -OCH3 is 1. The Morgan fingerprint density at radius 2 is 1.65 bits per heavy atom. The van der Waals surface area contributed by atoms with Crippen LogP contribution in [0.3, 0.4) is 0 Å². The zero-order valence-corrected chi connectivity index (χ0v) is 18.8. The van der Waals surface area contributed by atoms with Crippen molar-refractivity contribution >= 4 is 44.9 Å². The van der Waals surface area contributed by atoms with E-state index >= 15 is 0 Å². The molecular formula is C25H18N4O4S. The molecule has 0 unspecified atom stereocenters. The molecule has 0 fully saturated rings. The topological polar surface area (TPSA) is 106 Å². The van der Waals surface area contributed by atoms with E-state index < -0.39 is 0 Å². The minimum atomic E-state index is -0.367. The molecule has 5 rings (SSSR count). The van der Waals surface area contributed by atoms with Crippen molar-refractivity contribution in [3.05, 3.63) is 90.2 Å². The Hall–Kier alpha value is -4.50. The maximum absolute atomic E-state index is 12.6. The van der Waals surface area contributed by atoms with Gasteiger partial charge >= 0.3 is 0 Å². The number of benzene rings is 3. The molecule has 2 amide bonds. The van der Waals surface area contributed by atoms with E-state index in [-0.39, 0.29) is 17.6 Å². The van der Waals surface area contributed by atoms with E-state index in [4.69, 9.17) is 9.15 Å².